The van der Waals surface area contributed by atoms with Crippen molar-refractivity contribution in [1.82, 2.24) is 18.7 Å². The summed E-state index contributed by atoms with van der Waals surface area (Å²) in [6.07, 6.45) is 1.61. The second kappa shape index (κ2) is 8.66. The van der Waals surface area contributed by atoms with Gasteiger partial charge in [-0.05, 0) is 23.3 Å². The number of aromatic nitrogens is 4. The van der Waals surface area contributed by atoms with Crippen molar-refractivity contribution in [1.29, 1.82) is 0 Å². The Morgan fingerprint density at radius 3 is 2.09 bits per heavy atom. The molecule has 0 fully saturated rings. The highest BCUT2D eigenvalue weighted by atomic mass is 16.3. The molecule has 5 aromatic rings. The highest BCUT2D eigenvalue weighted by Crippen LogP contribution is 2.19. The van der Waals surface area contributed by atoms with Gasteiger partial charge in [0.2, 0.25) is 5.95 Å². The van der Waals surface area contributed by atoms with Gasteiger partial charge >= 0.3 is 5.69 Å². The number of furan rings is 1. The lowest BCUT2D eigenvalue weighted by Crippen LogP contribution is -2.40. The predicted octanol–water partition coefficient (Wildman–Crippen LogP) is 3.20. The lowest BCUT2D eigenvalue weighted by atomic mass is 10.2. The summed E-state index contributed by atoms with van der Waals surface area (Å²) in [5.41, 5.74) is 1.83. The van der Waals surface area contributed by atoms with Crippen molar-refractivity contribution in [2.45, 2.75) is 19.6 Å². The topological polar surface area (TPSA) is 87.0 Å². The van der Waals surface area contributed by atoms with E-state index in [2.05, 4.69) is 10.3 Å². The molecule has 0 aliphatic heterocycles. The number of hydrogen-bond donors (Lipinski definition) is 1. The molecule has 8 nitrogen and oxygen atoms in total. The van der Waals surface area contributed by atoms with Crippen LogP contribution in [0, 0.1) is 0 Å². The SMILES string of the molecule is Cn1c(=O)n(Cc2ccccc2)c(=O)c2c1nc(NCc1ccco1)n2Cc1ccccc1. The Labute approximate surface area is 189 Å². The molecule has 0 aliphatic carbocycles. The zero-order valence-corrected chi connectivity index (χ0v) is 18.1. The molecule has 1 N–H and O–H groups in total. The number of fused-ring (bicyclic) bond motifs is 1. The first-order valence-corrected chi connectivity index (χ1v) is 10.7. The molecule has 0 saturated carbocycles. The highest BCUT2D eigenvalue weighted by molar-refractivity contribution is 5.74. The normalized spacial score (nSPS) is 11.2. The zero-order valence-electron chi connectivity index (χ0n) is 18.1. The molecular formula is C25H23N5O3. The minimum absolute atomic E-state index is 0.188. The maximum Gasteiger partial charge on any atom is 0.332 e. The molecule has 0 amide bonds. The van der Waals surface area contributed by atoms with E-state index in [0.29, 0.717) is 30.2 Å². The maximum atomic E-state index is 13.6. The summed E-state index contributed by atoms with van der Waals surface area (Å²) in [5.74, 6) is 1.23. The minimum atomic E-state index is -0.404. The van der Waals surface area contributed by atoms with Crippen molar-refractivity contribution in [2.24, 2.45) is 7.05 Å². The van der Waals surface area contributed by atoms with Crippen LogP contribution in [0.5, 0.6) is 0 Å². The first-order valence-electron chi connectivity index (χ1n) is 10.7. The van der Waals surface area contributed by atoms with Crippen LogP contribution in [0.3, 0.4) is 0 Å². The Kier molecular flexibility index (Phi) is 5.40. The van der Waals surface area contributed by atoms with E-state index in [4.69, 9.17) is 4.42 Å². The fourth-order valence-electron chi connectivity index (χ4n) is 3.91. The number of benzene rings is 2. The number of imidazole rings is 1. The average molecular weight is 441 g/mol. The molecule has 33 heavy (non-hydrogen) atoms. The van der Waals surface area contributed by atoms with Crippen LogP contribution in [0.4, 0.5) is 5.95 Å². The lowest BCUT2D eigenvalue weighted by molar-refractivity contribution is 0.517. The van der Waals surface area contributed by atoms with Crippen molar-refractivity contribution < 1.29 is 4.42 Å². The number of anilines is 1. The zero-order chi connectivity index (χ0) is 22.8. The number of rotatable bonds is 7. The summed E-state index contributed by atoms with van der Waals surface area (Å²) in [4.78, 5) is 31.3. The third-order valence-electron chi connectivity index (χ3n) is 5.60. The molecule has 0 bridgehead atoms. The molecule has 3 aromatic heterocycles. The molecule has 2 aromatic carbocycles. The Hall–Kier alpha value is -4.33. The van der Waals surface area contributed by atoms with E-state index >= 15 is 0 Å². The molecule has 0 spiro atoms. The number of nitrogens with zero attached hydrogens (tertiary/aromatic N) is 4. The van der Waals surface area contributed by atoms with E-state index in [1.165, 1.54) is 9.13 Å². The van der Waals surface area contributed by atoms with Crippen LogP contribution < -0.4 is 16.6 Å². The lowest BCUT2D eigenvalue weighted by Gasteiger charge is -2.12. The summed E-state index contributed by atoms with van der Waals surface area (Å²) in [5, 5.41) is 3.26. The predicted molar refractivity (Wildman–Crippen MR) is 126 cm³/mol. The fourth-order valence-corrected chi connectivity index (χ4v) is 3.91. The first-order chi connectivity index (χ1) is 16.1. The smallest absolute Gasteiger partial charge is 0.332 e. The molecule has 0 saturated heterocycles. The number of hydrogen-bond acceptors (Lipinski definition) is 5. The fraction of sp³-hybridized carbons (Fsp3) is 0.160. The van der Waals surface area contributed by atoms with E-state index < -0.39 is 5.69 Å². The van der Waals surface area contributed by atoms with Gasteiger partial charge in [0.05, 0.1) is 25.9 Å². The maximum absolute atomic E-state index is 13.6. The van der Waals surface area contributed by atoms with Crippen LogP contribution in [0.25, 0.3) is 11.2 Å². The summed E-state index contributed by atoms with van der Waals surface area (Å²) >= 11 is 0. The van der Waals surface area contributed by atoms with Gasteiger partial charge in [0, 0.05) is 7.05 Å². The summed E-state index contributed by atoms with van der Waals surface area (Å²) in [6, 6.07) is 23.0. The first kappa shape index (κ1) is 20.6. The summed E-state index contributed by atoms with van der Waals surface area (Å²) < 4.78 is 9.94. The Morgan fingerprint density at radius 1 is 0.848 bits per heavy atom. The van der Waals surface area contributed by atoms with Gasteiger partial charge in [-0.3, -0.25) is 18.5 Å². The molecule has 0 aliphatic rings. The van der Waals surface area contributed by atoms with Gasteiger partial charge in [0.15, 0.2) is 11.2 Å². The Balaban J connectivity index is 1.67. The highest BCUT2D eigenvalue weighted by Gasteiger charge is 2.21. The molecule has 0 radical (unpaired) electrons. The third kappa shape index (κ3) is 3.98. The number of nitrogens with one attached hydrogen (secondary N) is 1. The molecule has 0 unspecified atom stereocenters. The van der Waals surface area contributed by atoms with Gasteiger partial charge < -0.3 is 9.73 Å². The van der Waals surface area contributed by atoms with Crippen LogP contribution in [-0.4, -0.2) is 18.7 Å². The molecule has 166 valence electrons. The van der Waals surface area contributed by atoms with Crippen LogP contribution in [-0.2, 0) is 26.7 Å². The second-order valence-electron chi connectivity index (χ2n) is 7.83. The summed E-state index contributed by atoms with van der Waals surface area (Å²) in [6.45, 7) is 1.02. The average Bonchev–Trinajstić information content (AvgIpc) is 3.49. The summed E-state index contributed by atoms with van der Waals surface area (Å²) in [7, 11) is 1.64. The largest absolute Gasteiger partial charge is 0.467 e. The van der Waals surface area contributed by atoms with Crippen molar-refractivity contribution >= 4 is 17.1 Å². The molecule has 5 rings (SSSR count). The van der Waals surface area contributed by atoms with Crippen molar-refractivity contribution in [2.75, 3.05) is 5.32 Å². The van der Waals surface area contributed by atoms with Gasteiger partial charge in [0.25, 0.3) is 5.56 Å². The van der Waals surface area contributed by atoms with E-state index in [1.54, 1.807) is 13.3 Å². The van der Waals surface area contributed by atoms with Crippen LogP contribution in [0.1, 0.15) is 16.9 Å². The van der Waals surface area contributed by atoms with E-state index in [9.17, 15) is 9.59 Å². The van der Waals surface area contributed by atoms with Gasteiger partial charge in [-0.15, -0.1) is 0 Å². The van der Waals surface area contributed by atoms with Crippen LogP contribution in [0.15, 0.2) is 93.1 Å². The van der Waals surface area contributed by atoms with E-state index in [0.717, 1.165) is 16.9 Å². The standard InChI is InChI=1S/C25H23N5O3/c1-28-22-21(23(31)30(25(28)32)17-19-11-6-3-7-12-19)29(16-18-9-4-2-5-10-18)24(27-22)26-15-20-13-8-14-33-20/h2-14H,15-17H2,1H3,(H,26,27). The van der Waals surface area contributed by atoms with E-state index in [-0.39, 0.29) is 12.1 Å². The molecular weight excluding hydrogens is 418 g/mol. The third-order valence-corrected chi connectivity index (χ3v) is 5.60. The Bertz CT molecular complexity index is 1500. The quantitative estimate of drug-likeness (QED) is 0.419. The van der Waals surface area contributed by atoms with Gasteiger partial charge in [0.1, 0.15) is 5.76 Å². The van der Waals surface area contributed by atoms with Crippen LogP contribution in [0.2, 0.25) is 0 Å². The second-order valence-corrected chi connectivity index (χ2v) is 7.83. The van der Waals surface area contributed by atoms with Crippen molar-refractivity contribution in [3.8, 4) is 0 Å². The van der Waals surface area contributed by atoms with Gasteiger partial charge in [-0.2, -0.15) is 4.98 Å². The molecule has 3 heterocycles. The Morgan fingerprint density at radius 2 is 1.48 bits per heavy atom. The molecule has 0 atom stereocenters. The number of aryl methyl sites for hydroxylation is 1. The minimum Gasteiger partial charge on any atom is -0.467 e. The van der Waals surface area contributed by atoms with E-state index in [1.807, 2.05) is 77.4 Å². The van der Waals surface area contributed by atoms with Crippen molar-refractivity contribution in [3.05, 3.63) is 117 Å². The van der Waals surface area contributed by atoms with Gasteiger partial charge in [-0.25, -0.2) is 4.79 Å². The van der Waals surface area contributed by atoms with Gasteiger partial charge in [-0.1, -0.05) is 60.7 Å². The van der Waals surface area contributed by atoms with Crippen molar-refractivity contribution in [3.63, 3.8) is 0 Å². The van der Waals surface area contributed by atoms with Crippen LogP contribution >= 0.6 is 0 Å². The molecule has 8 heteroatoms. The monoisotopic (exact) mass is 441 g/mol.